The number of aliphatic hydroxyl groups excluding tert-OH is 1. The van der Waals surface area contributed by atoms with Crippen molar-refractivity contribution in [2.45, 2.75) is 44.1 Å². The Morgan fingerprint density at radius 3 is 2.79 bits per heavy atom. The second-order valence-electron chi connectivity index (χ2n) is 6.09. The summed E-state index contributed by atoms with van der Waals surface area (Å²) >= 11 is 1.47. The van der Waals surface area contributed by atoms with E-state index in [0.29, 0.717) is 11.3 Å². The van der Waals surface area contributed by atoms with Gasteiger partial charge in [-0.15, -0.1) is 11.8 Å². The van der Waals surface area contributed by atoms with Gasteiger partial charge in [-0.3, -0.25) is 9.78 Å². The zero-order chi connectivity index (χ0) is 17.4. The van der Waals surface area contributed by atoms with Gasteiger partial charge in [0.1, 0.15) is 5.70 Å². The number of carbonyl (C=O) groups is 2. The molecule has 0 spiro atoms. The number of amides is 1. The molecule has 1 aromatic heterocycles. The predicted molar refractivity (Wildman–Crippen MR) is 89.9 cm³/mol. The third-order valence-corrected chi connectivity index (χ3v) is 6.07. The average molecular weight is 348 g/mol. The fraction of sp³-hybridized carbons (Fsp3) is 0.471. The smallest absolute Gasteiger partial charge is 0.353 e. The second-order valence-corrected chi connectivity index (χ2v) is 7.39. The number of rotatable bonds is 6. The van der Waals surface area contributed by atoms with Crippen LogP contribution in [0.25, 0.3) is 0 Å². The number of aliphatic hydroxyl groups is 1. The molecule has 2 aliphatic rings. The molecule has 1 fully saturated rings. The van der Waals surface area contributed by atoms with E-state index in [4.69, 9.17) is 0 Å². The van der Waals surface area contributed by atoms with Crippen LogP contribution >= 0.6 is 11.8 Å². The lowest BCUT2D eigenvalue weighted by atomic mass is 9.83. The van der Waals surface area contributed by atoms with Crippen LogP contribution < -0.4 is 0 Å². The van der Waals surface area contributed by atoms with E-state index in [1.165, 1.54) is 16.7 Å². The number of carboxylic acids is 1. The second kappa shape index (κ2) is 6.57. The first-order valence-corrected chi connectivity index (χ1v) is 8.88. The highest BCUT2D eigenvalue weighted by Crippen LogP contribution is 2.50. The monoisotopic (exact) mass is 348 g/mol. The standard InChI is InChI=1S/C17H20N2O4S/c1-3-12(10-6-4-5-7-18-10)24-13-8-11-14(9(2)20)16(21)19(11)15(13)17(22)23/h4-7,9,11-12,14,20H,3,8H2,1-2H3,(H,22,23). The van der Waals surface area contributed by atoms with Crippen molar-refractivity contribution < 1.29 is 19.8 Å². The minimum atomic E-state index is -1.09. The first kappa shape index (κ1) is 17.0. The summed E-state index contributed by atoms with van der Waals surface area (Å²) in [6.45, 7) is 3.61. The Hall–Kier alpha value is -1.86. The van der Waals surface area contributed by atoms with Crippen LogP contribution in [0.2, 0.25) is 0 Å². The number of pyridine rings is 1. The SMILES string of the molecule is CCC(SC1=C(C(=O)O)N2C(=O)C(C(C)O)C2C1)c1ccccn1. The van der Waals surface area contributed by atoms with Crippen LogP contribution in [-0.4, -0.2) is 44.1 Å². The molecule has 3 rings (SSSR count). The number of fused-ring (bicyclic) bond motifs is 1. The van der Waals surface area contributed by atoms with Gasteiger partial charge in [0.15, 0.2) is 0 Å². The summed E-state index contributed by atoms with van der Waals surface area (Å²) < 4.78 is 0. The molecule has 7 heteroatoms. The van der Waals surface area contributed by atoms with Crippen LogP contribution in [-0.2, 0) is 9.59 Å². The van der Waals surface area contributed by atoms with Gasteiger partial charge in [-0.2, -0.15) is 0 Å². The molecule has 1 saturated heterocycles. The van der Waals surface area contributed by atoms with Gasteiger partial charge in [-0.25, -0.2) is 4.79 Å². The number of aliphatic carboxylic acids is 1. The van der Waals surface area contributed by atoms with E-state index < -0.39 is 18.0 Å². The number of thioether (sulfide) groups is 1. The molecule has 24 heavy (non-hydrogen) atoms. The number of nitrogens with zero attached hydrogens (tertiary/aromatic N) is 2. The van der Waals surface area contributed by atoms with Crippen LogP contribution in [0.4, 0.5) is 0 Å². The third-order valence-electron chi connectivity index (χ3n) is 4.56. The maximum atomic E-state index is 12.2. The zero-order valence-electron chi connectivity index (χ0n) is 13.5. The highest BCUT2D eigenvalue weighted by Gasteiger charge is 2.56. The van der Waals surface area contributed by atoms with Gasteiger partial charge in [-0.1, -0.05) is 13.0 Å². The molecule has 2 aliphatic heterocycles. The summed E-state index contributed by atoms with van der Waals surface area (Å²) in [6.07, 6.45) is 2.24. The van der Waals surface area contributed by atoms with Gasteiger partial charge >= 0.3 is 5.97 Å². The Bertz CT molecular complexity index is 689. The molecule has 1 aromatic rings. The average Bonchev–Trinajstić information content (AvgIpc) is 2.87. The van der Waals surface area contributed by atoms with Crippen molar-refractivity contribution in [3.05, 3.63) is 40.7 Å². The fourth-order valence-corrected chi connectivity index (χ4v) is 4.76. The molecule has 2 N–H and O–H groups in total. The van der Waals surface area contributed by atoms with Crippen molar-refractivity contribution in [1.82, 2.24) is 9.88 Å². The van der Waals surface area contributed by atoms with E-state index >= 15 is 0 Å². The molecule has 6 nitrogen and oxygen atoms in total. The van der Waals surface area contributed by atoms with Crippen LogP contribution in [0, 0.1) is 5.92 Å². The first-order chi connectivity index (χ1) is 11.5. The molecular weight excluding hydrogens is 328 g/mol. The van der Waals surface area contributed by atoms with E-state index in [0.717, 1.165) is 12.1 Å². The molecule has 0 radical (unpaired) electrons. The maximum absolute atomic E-state index is 12.2. The van der Waals surface area contributed by atoms with Crippen molar-refractivity contribution in [2.75, 3.05) is 0 Å². The molecule has 0 aromatic carbocycles. The van der Waals surface area contributed by atoms with Crippen molar-refractivity contribution >= 4 is 23.6 Å². The molecule has 4 unspecified atom stereocenters. The lowest BCUT2D eigenvalue weighted by molar-refractivity contribution is -0.161. The maximum Gasteiger partial charge on any atom is 0.353 e. The summed E-state index contributed by atoms with van der Waals surface area (Å²) in [5.74, 6) is -1.89. The highest BCUT2D eigenvalue weighted by molar-refractivity contribution is 8.03. The normalized spacial score (nSPS) is 25.3. The van der Waals surface area contributed by atoms with Gasteiger partial charge in [0.05, 0.1) is 29.0 Å². The molecule has 1 amide bonds. The summed E-state index contributed by atoms with van der Waals surface area (Å²) in [5.41, 5.74) is 0.969. The van der Waals surface area contributed by atoms with Gasteiger partial charge in [-0.05, 0) is 25.5 Å². The molecule has 0 bridgehead atoms. The lowest BCUT2D eigenvalue weighted by Crippen LogP contribution is -2.61. The number of carbonyl (C=O) groups excluding carboxylic acids is 1. The Kier molecular flexibility index (Phi) is 4.64. The zero-order valence-corrected chi connectivity index (χ0v) is 14.4. The highest BCUT2D eigenvalue weighted by atomic mass is 32.2. The predicted octanol–water partition coefficient (Wildman–Crippen LogP) is 2.17. The van der Waals surface area contributed by atoms with Crippen molar-refractivity contribution in [3.63, 3.8) is 0 Å². The van der Waals surface area contributed by atoms with Crippen molar-refractivity contribution in [1.29, 1.82) is 0 Å². The fourth-order valence-electron chi connectivity index (χ4n) is 3.43. The largest absolute Gasteiger partial charge is 0.477 e. The molecule has 128 valence electrons. The van der Waals surface area contributed by atoms with Crippen LogP contribution in [0.5, 0.6) is 0 Å². The van der Waals surface area contributed by atoms with E-state index in [9.17, 15) is 19.8 Å². The Morgan fingerprint density at radius 2 is 2.25 bits per heavy atom. The van der Waals surface area contributed by atoms with Gasteiger partial charge in [0.25, 0.3) is 0 Å². The number of carboxylic acid groups (broad SMARTS) is 1. The van der Waals surface area contributed by atoms with Gasteiger partial charge < -0.3 is 15.1 Å². The minimum Gasteiger partial charge on any atom is -0.477 e. The molecular formula is C17H20N2O4S. The number of aromatic nitrogens is 1. The van der Waals surface area contributed by atoms with Crippen LogP contribution in [0.3, 0.4) is 0 Å². The Morgan fingerprint density at radius 1 is 1.50 bits per heavy atom. The van der Waals surface area contributed by atoms with Crippen LogP contribution in [0.1, 0.15) is 37.6 Å². The van der Waals surface area contributed by atoms with E-state index in [2.05, 4.69) is 4.98 Å². The summed E-state index contributed by atoms with van der Waals surface area (Å²) in [4.78, 5) is 30.3. The Balaban J connectivity index is 1.87. The van der Waals surface area contributed by atoms with Gasteiger partial charge in [0.2, 0.25) is 5.91 Å². The van der Waals surface area contributed by atoms with Gasteiger partial charge in [0, 0.05) is 17.5 Å². The minimum absolute atomic E-state index is 0.0364. The quantitative estimate of drug-likeness (QED) is 0.766. The third kappa shape index (κ3) is 2.71. The lowest BCUT2D eigenvalue weighted by Gasteiger charge is -2.44. The van der Waals surface area contributed by atoms with E-state index in [1.807, 2.05) is 25.1 Å². The molecule has 0 aliphatic carbocycles. The molecule has 4 atom stereocenters. The molecule has 0 saturated carbocycles. The first-order valence-electron chi connectivity index (χ1n) is 8.00. The van der Waals surface area contributed by atoms with Crippen molar-refractivity contribution in [2.24, 2.45) is 5.92 Å². The topological polar surface area (TPSA) is 90.7 Å². The number of β-lactam (4-membered cyclic amide) rings is 1. The molecule has 3 heterocycles. The van der Waals surface area contributed by atoms with Crippen molar-refractivity contribution in [3.8, 4) is 0 Å². The summed E-state index contributed by atoms with van der Waals surface area (Å²) in [6, 6.07) is 5.44. The Labute approximate surface area is 144 Å². The summed E-state index contributed by atoms with van der Waals surface area (Å²) in [5, 5.41) is 19.4. The van der Waals surface area contributed by atoms with Crippen LogP contribution in [0.15, 0.2) is 35.0 Å². The summed E-state index contributed by atoms with van der Waals surface area (Å²) in [7, 11) is 0. The van der Waals surface area contributed by atoms with E-state index in [1.54, 1.807) is 13.1 Å². The number of hydrogen-bond acceptors (Lipinski definition) is 5. The number of hydrogen-bond donors (Lipinski definition) is 2. The van der Waals surface area contributed by atoms with E-state index in [-0.39, 0.29) is 22.9 Å².